The van der Waals surface area contributed by atoms with Gasteiger partial charge in [0.1, 0.15) is 19.8 Å². The van der Waals surface area contributed by atoms with Crippen molar-refractivity contribution in [3.63, 3.8) is 0 Å². The summed E-state index contributed by atoms with van der Waals surface area (Å²) in [6.45, 7) is 4.37. The number of carbonyl (C=O) groups excluding carboxylic acids is 2. The third kappa shape index (κ3) is 78.1. The van der Waals surface area contributed by atoms with E-state index < -0.39 is 26.5 Å². The molecule has 0 saturated heterocycles. The fourth-order valence-electron chi connectivity index (χ4n) is 11.6. The lowest BCUT2D eigenvalue weighted by atomic mass is 10.0. The molecular formula is C83H153NO8P+. The Bertz CT molecular complexity index is 1850. The van der Waals surface area contributed by atoms with Gasteiger partial charge >= 0.3 is 19.8 Å². The molecule has 0 aliphatic rings. The van der Waals surface area contributed by atoms with Gasteiger partial charge in [0.2, 0.25) is 0 Å². The summed E-state index contributed by atoms with van der Waals surface area (Å²) in [5.41, 5.74) is 0. The molecule has 10 heteroatoms. The van der Waals surface area contributed by atoms with Crippen LogP contribution in [0.5, 0.6) is 0 Å². The van der Waals surface area contributed by atoms with Gasteiger partial charge in [0.25, 0.3) is 0 Å². The topological polar surface area (TPSA) is 108 Å². The van der Waals surface area contributed by atoms with Crippen molar-refractivity contribution in [3.8, 4) is 0 Å². The smallest absolute Gasteiger partial charge is 0.462 e. The Hall–Kier alpha value is -2.81. The van der Waals surface area contributed by atoms with E-state index in [-0.39, 0.29) is 32.0 Å². The average Bonchev–Trinajstić information content (AvgIpc) is 2.02. The van der Waals surface area contributed by atoms with Crippen molar-refractivity contribution in [2.75, 3.05) is 47.5 Å². The van der Waals surface area contributed by atoms with Gasteiger partial charge in [-0.25, -0.2) is 4.57 Å². The molecule has 0 amide bonds. The highest BCUT2D eigenvalue weighted by atomic mass is 31.2. The summed E-state index contributed by atoms with van der Waals surface area (Å²) >= 11 is 0. The van der Waals surface area contributed by atoms with E-state index in [2.05, 4.69) is 98.9 Å². The van der Waals surface area contributed by atoms with Crippen LogP contribution in [0.4, 0.5) is 0 Å². The second-order valence-corrected chi connectivity index (χ2v) is 29.5. The van der Waals surface area contributed by atoms with Crippen LogP contribution >= 0.6 is 7.82 Å². The monoisotopic (exact) mass is 1320 g/mol. The number of hydrogen-bond donors (Lipinski definition) is 1. The number of nitrogens with zero attached hydrogens (tertiary/aromatic N) is 1. The molecule has 0 aliphatic carbocycles. The van der Waals surface area contributed by atoms with E-state index in [4.69, 9.17) is 18.5 Å². The summed E-state index contributed by atoms with van der Waals surface area (Å²) in [5.74, 6) is -0.792. The molecule has 9 nitrogen and oxygen atoms in total. The molecule has 0 spiro atoms. The molecule has 2 unspecified atom stereocenters. The fourth-order valence-corrected chi connectivity index (χ4v) is 12.4. The van der Waals surface area contributed by atoms with Crippen LogP contribution < -0.4 is 0 Å². The fraction of sp³-hybridized carbons (Fsp3) is 0.807. The lowest BCUT2D eigenvalue weighted by molar-refractivity contribution is -0.870. The third-order valence-corrected chi connectivity index (χ3v) is 18.7. The molecular weight excluding hydrogens is 1170 g/mol. The predicted octanol–water partition coefficient (Wildman–Crippen LogP) is 26.5. The Kier molecular flexibility index (Phi) is 71.2. The van der Waals surface area contributed by atoms with Crippen LogP contribution in [0.25, 0.3) is 0 Å². The van der Waals surface area contributed by atoms with Crippen LogP contribution in [0.15, 0.2) is 85.1 Å². The summed E-state index contributed by atoms with van der Waals surface area (Å²) in [4.78, 5) is 36.0. The Balaban J connectivity index is 3.95. The zero-order valence-corrected chi connectivity index (χ0v) is 62.9. The van der Waals surface area contributed by atoms with Crippen molar-refractivity contribution in [1.82, 2.24) is 0 Å². The van der Waals surface area contributed by atoms with Crippen molar-refractivity contribution in [2.45, 2.75) is 386 Å². The maximum atomic E-state index is 12.9. The predicted molar refractivity (Wildman–Crippen MR) is 404 cm³/mol. The number of ether oxygens (including phenoxy) is 2. The van der Waals surface area contributed by atoms with Crippen LogP contribution in [0.1, 0.15) is 380 Å². The summed E-state index contributed by atoms with van der Waals surface area (Å²) in [7, 11) is 1.48. The normalized spacial score (nSPS) is 13.5. The number of esters is 2. The number of likely N-dealkylation sites (N-methyl/N-ethyl adjacent to an activating group) is 1. The zero-order chi connectivity index (χ0) is 67.6. The number of carbonyl (C=O) groups is 2. The molecule has 1 N–H and O–H groups in total. The summed E-state index contributed by atoms with van der Waals surface area (Å²) in [6, 6.07) is 0. The van der Waals surface area contributed by atoms with Crippen molar-refractivity contribution >= 4 is 19.8 Å². The number of hydrogen-bond acceptors (Lipinski definition) is 7. The molecule has 0 rings (SSSR count). The Morgan fingerprint density at radius 2 is 0.613 bits per heavy atom. The Morgan fingerprint density at radius 1 is 0.344 bits per heavy atom. The van der Waals surface area contributed by atoms with Gasteiger partial charge in [0.15, 0.2) is 6.10 Å². The van der Waals surface area contributed by atoms with Gasteiger partial charge in [-0.2, -0.15) is 0 Å². The first kappa shape index (κ1) is 90.2. The van der Waals surface area contributed by atoms with E-state index >= 15 is 0 Å². The molecule has 0 aromatic heterocycles. The molecule has 93 heavy (non-hydrogen) atoms. The molecule has 0 aliphatic heterocycles. The largest absolute Gasteiger partial charge is 0.472 e. The van der Waals surface area contributed by atoms with Crippen LogP contribution in [-0.2, 0) is 32.7 Å². The number of rotatable bonds is 74. The van der Waals surface area contributed by atoms with E-state index in [1.165, 1.54) is 257 Å². The highest BCUT2D eigenvalue weighted by Gasteiger charge is 2.27. The second kappa shape index (κ2) is 73.4. The number of phosphoric acid groups is 1. The van der Waals surface area contributed by atoms with E-state index in [1.807, 2.05) is 21.1 Å². The van der Waals surface area contributed by atoms with Crippen molar-refractivity contribution in [2.24, 2.45) is 0 Å². The van der Waals surface area contributed by atoms with Gasteiger partial charge in [0.05, 0.1) is 27.7 Å². The van der Waals surface area contributed by atoms with Gasteiger partial charge in [-0.3, -0.25) is 18.6 Å². The summed E-state index contributed by atoms with van der Waals surface area (Å²) in [6.07, 6.45) is 102. The van der Waals surface area contributed by atoms with Crippen LogP contribution in [-0.4, -0.2) is 74.9 Å². The first-order valence-electron chi connectivity index (χ1n) is 39.8. The number of quaternary nitrogens is 1. The molecule has 0 bridgehead atoms. The van der Waals surface area contributed by atoms with Crippen LogP contribution in [0.2, 0.25) is 0 Å². The standard InChI is InChI=1S/C83H152NO8P/c1-6-8-10-12-14-16-18-20-22-24-26-28-30-32-34-36-38-39-40-41-42-43-44-46-47-49-51-53-55-57-59-61-63-65-67-69-71-73-75-82(85)89-79-81(80-91-93(87,88)90-78-77-84(3,4)5)92-83(86)76-74-72-70-68-66-64-62-60-58-56-54-52-50-48-45-37-35-33-31-29-27-25-23-21-19-17-15-13-11-9-7-2/h9,11,15,17,21,23,27,29,33,35,45,48,52,54,81H,6-8,10,12-14,16,18-20,22,24-26,28,30-32,34,36-44,46-47,49-51,53,55-80H2,1-5H3/p+1/b11-9-,17-15-,23-21-,29-27-,35-33-,48-45-,54-52-. The highest BCUT2D eigenvalue weighted by Crippen LogP contribution is 2.43. The van der Waals surface area contributed by atoms with Crippen molar-refractivity contribution in [1.29, 1.82) is 0 Å². The van der Waals surface area contributed by atoms with Gasteiger partial charge in [0, 0.05) is 12.8 Å². The molecule has 0 aromatic carbocycles. The Morgan fingerprint density at radius 3 is 0.914 bits per heavy atom. The molecule has 0 radical (unpaired) electrons. The lowest BCUT2D eigenvalue weighted by Gasteiger charge is -2.24. The molecule has 0 fully saturated rings. The van der Waals surface area contributed by atoms with Crippen LogP contribution in [0, 0.1) is 0 Å². The van der Waals surface area contributed by atoms with Gasteiger partial charge in [-0.1, -0.05) is 381 Å². The summed E-state index contributed by atoms with van der Waals surface area (Å²) in [5, 5.41) is 0. The maximum absolute atomic E-state index is 12.9. The SMILES string of the molecule is CC/C=C\C/C=C\C/C=C\C/C=C\C/C=C\C/C=C\C/C=C\CCCCCCCCCCCC(=O)OC(COC(=O)CCCCCCCCCCCCCCCCCCCCCCCCCCCCCCCCCCCCCCCC)COP(=O)(O)OCC[N+](C)(C)C. The van der Waals surface area contributed by atoms with Crippen molar-refractivity contribution < 1.29 is 42.1 Å². The van der Waals surface area contributed by atoms with E-state index in [0.29, 0.717) is 17.4 Å². The minimum absolute atomic E-state index is 0.0287. The molecule has 0 saturated carbocycles. The summed E-state index contributed by atoms with van der Waals surface area (Å²) < 4.78 is 34.8. The zero-order valence-electron chi connectivity index (χ0n) is 62.0. The third-order valence-electron chi connectivity index (χ3n) is 17.7. The number of phosphoric ester groups is 1. The average molecular weight is 1320 g/mol. The maximum Gasteiger partial charge on any atom is 0.472 e. The van der Waals surface area contributed by atoms with E-state index in [1.54, 1.807) is 0 Å². The first-order chi connectivity index (χ1) is 45.5. The van der Waals surface area contributed by atoms with Crippen molar-refractivity contribution in [3.05, 3.63) is 85.1 Å². The van der Waals surface area contributed by atoms with E-state index in [0.717, 1.165) is 89.9 Å². The van der Waals surface area contributed by atoms with Gasteiger partial charge in [-0.15, -0.1) is 0 Å². The quantitative estimate of drug-likeness (QED) is 0.0211. The van der Waals surface area contributed by atoms with Gasteiger partial charge < -0.3 is 18.9 Å². The minimum Gasteiger partial charge on any atom is -0.462 e. The Labute approximate surface area is 577 Å². The van der Waals surface area contributed by atoms with Crippen LogP contribution in [0.3, 0.4) is 0 Å². The molecule has 2 atom stereocenters. The molecule has 0 heterocycles. The molecule has 0 aromatic rings. The highest BCUT2D eigenvalue weighted by molar-refractivity contribution is 7.47. The lowest BCUT2D eigenvalue weighted by Crippen LogP contribution is -2.37. The molecule has 542 valence electrons. The van der Waals surface area contributed by atoms with Gasteiger partial charge in [-0.05, 0) is 70.6 Å². The number of allylic oxidation sites excluding steroid dienone is 14. The number of unbranched alkanes of at least 4 members (excludes halogenated alkanes) is 46. The minimum atomic E-state index is -4.40. The van der Waals surface area contributed by atoms with E-state index in [9.17, 15) is 19.0 Å². The second-order valence-electron chi connectivity index (χ2n) is 28.1. The first-order valence-corrected chi connectivity index (χ1v) is 41.3.